The first-order chi connectivity index (χ1) is 9.63. The molecular formula is C15H23NO4. The minimum absolute atomic E-state index is 0.00686. The average Bonchev–Trinajstić information content (AvgIpc) is 2.42. The molecule has 0 radical (unpaired) electrons. The van der Waals surface area contributed by atoms with Crippen LogP contribution in [-0.4, -0.2) is 54.0 Å². The molecule has 1 aromatic rings. The lowest BCUT2D eigenvalue weighted by molar-refractivity contribution is -0.137. The highest BCUT2D eigenvalue weighted by Gasteiger charge is 2.09. The molecule has 1 rings (SSSR count). The third-order valence-corrected chi connectivity index (χ3v) is 3.08. The number of benzene rings is 1. The van der Waals surface area contributed by atoms with Gasteiger partial charge in [-0.25, -0.2) is 0 Å². The van der Waals surface area contributed by atoms with Crippen LogP contribution in [0.3, 0.4) is 0 Å². The smallest absolute Gasteiger partial charge is 0.304 e. The summed E-state index contributed by atoms with van der Waals surface area (Å²) in [6, 6.07) is 8.08. The standard InChI is InChI=1S/C15H23NO4/c1-13-4-2-3-5-14(13)12-16(7-6-15(18)19)8-10-20-11-9-17/h2-5,17H,6-12H2,1H3,(H,18,19). The van der Waals surface area contributed by atoms with E-state index in [1.54, 1.807) is 0 Å². The second-order valence-electron chi connectivity index (χ2n) is 4.68. The molecule has 0 aliphatic heterocycles. The number of hydrogen-bond acceptors (Lipinski definition) is 4. The van der Waals surface area contributed by atoms with Crippen molar-refractivity contribution in [3.8, 4) is 0 Å². The van der Waals surface area contributed by atoms with Crippen LogP contribution >= 0.6 is 0 Å². The van der Waals surface area contributed by atoms with E-state index < -0.39 is 5.97 Å². The summed E-state index contributed by atoms with van der Waals surface area (Å²) in [5.74, 6) is -0.795. The Morgan fingerprint density at radius 2 is 2.00 bits per heavy atom. The lowest BCUT2D eigenvalue weighted by atomic mass is 10.1. The van der Waals surface area contributed by atoms with E-state index in [1.807, 2.05) is 25.1 Å². The zero-order valence-electron chi connectivity index (χ0n) is 11.9. The van der Waals surface area contributed by atoms with E-state index in [9.17, 15) is 4.79 Å². The molecule has 0 atom stereocenters. The normalized spacial score (nSPS) is 10.9. The SMILES string of the molecule is Cc1ccccc1CN(CCOCCO)CCC(=O)O. The van der Waals surface area contributed by atoms with Gasteiger partial charge in [-0.1, -0.05) is 24.3 Å². The van der Waals surface area contributed by atoms with Crippen LogP contribution in [0.15, 0.2) is 24.3 Å². The quantitative estimate of drug-likeness (QED) is 0.632. The number of aliphatic hydroxyl groups is 1. The first kappa shape index (κ1) is 16.6. The lowest BCUT2D eigenvalue weighted by Gasteiger charge is -2.22. The van der Waals surface area contributed by atoms with E-state index in [4.69, 9.17) is 14.9 Å². The molecule has 0 saturated heterocycles. The van der Waals surface area contributed by atoms with Crippen LogP contribution in [-0.2, 0) is 16.1 Å². The lowest BCUT2D eigenvalue weighted by Crippen LogP contribution is -2.30. The van der Waals surface area contributed by atoms with Gasteiger partial charge in [0, 0.05) is 19.6 Å². The third kappa shape index (κ3) is 6.65. The van der Waals surface area contributed by atoms with Crippen LogP contribution < -0.4 is 0 Å². The summed E-state index contributed by atoms with van der Waals surface area (Å²) in [6.07, 6.45) is 0.117. The zero-order chi connectivity index (χ0) is 14.8. The minimum atomic E-state index is -0.795. The average molecular weight is 281 g/mol. The molecule has 1 aromatic carbocycles. The predicted octanol–water partition coefficient (Wildman–Crippen LogP) is 1.28. The number of carbonyl (C=O) groups is 1. The molecule has 5 heteroatoms. The molecule has 0 aromatic heterocycles. The fourth-order valence-corrected chi connectivity index (χ4v) is 1.91. The van der Waals surface area contributed by atoms with Crippen molar-refractivity contribution >= 4 is 5.97 Å². The van der Waals surface area contributed by atoms with E-state index in [-0.39, 0.29) is 13.0 Å². The highest BCUT2D eigenvalue weighted by molar-refractivity contribution is 5.66. The number of aliphatic carboxylic acids is 1. The second kappa shape index (κ2) is 9.47. The molecule has 0 aliphatic carbocycles. The summed E-state index contributed by atoms with van der Waals surface area (Å²) in [5.41, 5.74) is 2.39. The fourth-order valence-electron chi connectivity index (χ4n) is 1.91. The van der Waals surface area contributed by atoms with Gasteiger partial charge < -0.3 is 14.9 Å². The van der Waals surface area contributed by atoms with Gasteiger partial charge in [-0.15, -0.1) is 0 Å². The molecule has 0 saturated carbocycles. The third-order valence-electron chi connectivity index (χ3n) is 3.08. The van der Waals surface area contributed by atoms with Crippen molar-refractivity contribution in [3.05, 3.63) is 35.4 Å². The van der Waals surface area contributed by atoms with E-state index in [0.717, 1.165) is 0 Å². The van der Waals surface area contributed by atoms with Crippen LogP contribution in [0.5, 0.6) is 0 Å². The molecule has 20 heavy (non-hydrogen) atoms. The summed E-state index contributed by atoms with van der Waals surface area (Å²) < 4.78 is 5.25. The van der Waals surface area contributed by atoms with Crippen molar-refractivity contribution in [2.24, 2.45) is 0 Å². The summed E-state index contributed by atoms with van der Waals surface area (Å²) in [5, 5.41) is 17.5. The Kier molecular flexibility index (Phi) is 7.87. The van der Waals surface area contributed by atoms with Crippen molar-refractivity contribution in [2.75, 3.05) is 32.9 Å². The molecular weight excluding hydrogens is 258 g/mol. The summed E-state index contributed by atoms with van der Waals surface area (Å²) >= 11 is 0. The van der Waals surface area contributed by atoms with Crippen molar-refractivity contribution in [1.82, 2.24) is 4.90 Å². The Hall–Kier alpha value is -1.43. The Balaban J connectivity index is 2.52. The van der Waals surface area contributed by atoms with Gasteiger partial charge in [0.1, 0.15) is 0 Å². The maximum absolute atomic E-state index is 10.7. The topological polar surface area (TPSA) is 70.0 Å². The Bertz CT molecular complexity index is 409. The van der Waals surface area contributed by atoms with Crippen LogP contribution in [0, 0.1) is 6.92 Å². The molecule has 5 nitrogen and oxygen atoms in total. The van der Waals surface area contributed by atoms with Crippen molar-refractivity contribution in [3.63, 3.8) is 0 Å². The largest absolute Gasteiger partial charge is 0.481 e. The summed E-state index contributed by atoms with van der Waals surface area (Å²) in [6.45, 7) is 4.72. The van der Waals surface area contributed by atoms with Gasteiger partial charge in [0.2, 0.25) is 0 Å². The second-order valence-corrected chi connectivity index (χ2v) is 4.68. The Morgan fingerprint density at radius 1 is 1.25 bits per heavy atom. The number of carboxylic acid groups (broad SMARTS) is 1. The van der Waals surface area contributed by atoms with Crippen molar-refractivity contribution in [1.29, 1.82) is 0 Å². The van der Waals surface area contributed by atoms with Crippen LogP contribution in [0.4, 0.5) is 0 Å². The molecule has 112 valence electrons. The number of ether oxygens (including phenoxy) is 1. The molecule has 0 unspecified atom stereocenters. The van der Waals surface area contributed by atoms with Crippen LogP contribution in [0.1, 0.15) is 17.5 Å². The van der Waals surface area contributed by atoms with Gasteiger partial charge in [0.15, 0.2) is 0 Å². The zero-order valence-corrected chi connectivity index (χ0v) is 11.9. The molecule has 0 spiro atoms. The maximum Gasteiger partial charge on any atom is 0.304 e. The predicted molar refractivity (Wildman–Crippen MR) is 76.6 cm³/mol. The van der Waals surface area contributed by atoms with Gasteiger partial charge in [0.25, 0.3) is 0 Å². The van der Waals surface area contributed by atoms with Gasteiger partial charge in [0.05, 0.1) is 26.2 Å². The van der Waals surface area contributed by atoms with Gasteiger partial charge in [-0.3, -0.25) is 9.69 Å². The molecule has 0 fully saturated rings. The molecule has 2 N–H and O–H groups in total. The van der Waals surface area contributed by atoms with Gasteiger partial charge in [-0.2, -0.15) is 0 Å². The number of aliphatic hydroxyl groups excluding tert-OH is 1. The Morgan fingerprint density at radius 3 is 2.65 bits per heavy atom. The first-order valence-corrected chi connectivity index (χ1v) is 6.80. The number of hydrogen-bond donors (Lipinski definition) is 2. The van der Waals surface area contributed by atoms with E-state index in [1.165, 1.54) is 11.1 Å². The molecule has 0 aliphatic rings. The summed E-state index contributed by atoms with van der Waals surface area (Å²) in [7, 11) is 0. The van der Waals surface area contributed by atoms with E-state index >= 15 is 0 Å². The van der Waals surface area contributed by atoms with E-state index in [0.29, 0.717) is 32.8 Å². The number of aryl methyl sites for hydroxylation is 1. The fraction of sp³-hybridized carbons (Fsp3) is 0.533. The maximum atomic E-state index is 10.7. The highest BCUT2D eigenvalue weighted by Crippen LogP contribution is 2.10. The van der Waals surface area contributed by atoms with Crippen LogP contribution in [0.25, 0.3) is 0 Å². The number of nitrogens with zero attached hydrogens (tertiary/aromatic N) is 1. The molecule has 0 bridgehead atoms. The van der Waals surface area contributed by atoms with Gasteiger partial charge >= 0.3 is 5.97 Å². The van der Waals surface area contributed by atoms with Crippen LogP contribution in [0.2, 0.25) is 0 Å². The first-order valence-electron chi connectivity index (χ1n) is 6.80. The minimum Gasteiger partial charge on any atom is -0.481 e. The molecule has 0 heterocycles. The summed E-state index contributed by atoms with van der Waals surface area (Å²) in [4.78, 5) is 12.8. The number of carboxylic acids is 1. The number of rotatable bonds is 10. The Labute approximate surface area is 119 Å². The van der Waals surface area contributed by atoms with Crippen molar-refractivity contribution in [2.45, 2.75) is 19.9 Å². The monoisotopic (exact) mass is 281 g/mol. The molecule has 0 amide bonds. The highest BCUT2D eigenvalue weighted by atomic mass is 16.5. The van der Waals surface area contributed by atoms with E-state index in [2.05, 4.69) is 11.0 Å². The van der Waals surface area contributed by atoms with Gasteiger partial charge in [-0.05, 0) is 18.1 Å². The van der Waals surface area contributed by atoms with Crippen molar-refractivity contribution < 1.29 is 19.7 Å².